The molecular weight excluding hydrogens is 286 g/mol. The van der Waals surface area contributed by atoms with Crippen LogP contribution in [0.25, 0.3) is 0 Å². The van der Waals surface area contributed by atoms with Crippen LogP contribution in [0, 0.1) is 5.92 Å². The van der Waals surface area contributed by atoms with Crippen LogP contribution >= 0.6 is 0 Å². The molecule has 3 heteroatoms. The third kappa shape index (κ3) is 2.50. The average molecular weight is 307 g/mol. The van der Waals surface area contributed by atoms with E-state index in [0.29, 0.717) is 24.8 Å². The molecule has 1 aliphatic heterocycles. The molecule has 0 radical (unpaired) electrons. The van der Waals surface area contributed by atoms with Gasteiger partial charge in [-0.05, 0) is 42.0 Å². The van der Waals surface area contributed by atoms with Gasteiger partial charge in [0.05, 0.1) is 12.6 Å². The molecule has 2 aliphatic rings. The Kier molecular flexibility index (Phi) is 3.37. The summed E-state index contributed by atoms with van der Waals surface area (Å²) >= 11 is 0. The first-order valence-corrected chi connectivity index (χ1v) is 8.18. The van der Waals surface area contributed by atoms with Crippen molar-refractivity contribution in [2.45, 2.75) is 31.3 Å². The normalized spacial score (nSPS) is 25.3. The molecule has 118 valence electrons. The molecule has 2 atom stereocenters. The SMILES string of the molecule is COc1ccc(CN2C(=O)C[C@H]3C[C@]32Cc2ccccc2)cc1. The molecule has 0 aromatic heterocycles. The lowest BCUT2D eigenvalue weighted by molar-refractivity contribution is -0.131. The monoisotopic (exact) mass is 307 g/mol. The fourth-order valence-electron chi connectivity index (χ4n) is 3.95. The summed E-state index contributed by atoms with van der Waals surface area (Å²) in [5, 5.41) is 0. The van der Waals surface area contributed by atoms with Gasteiger partial charge in [0.25, 0.3) is 0 Å². The lowest BCUT2D eigenvalue weighted by atomic mass is 10.0. The van der Waals surface area contributed by atoms with Crippen LogP contribution in [0.2, 0.25) is 0 Å². The molecule has 1 saturated heterocycles. The number of likely N-dealkylation sites (tertiary alicyclic amines) is 1. The van der Waals surface area contributed by atoms with Crippen molar-refractivity contribution in [3.63, 3.8) is 0 Å². The smallest absolute Gasteiger partial charge is 0.223 e. The van der Waals surface area contributed by atoms with E-state index < -0.39 is 0 Å². The number of carbonyl (C=O) groups excluding carboxylic acids is 1. The van der Waals surface area contributed by atoms with Crippen molar-refractivity contribution in [2.75, 3.05) is 7.11 Å². The van der Waals surface area contributed by atoms with Gasteiger partial charge >= 0.3 is 0 Å². The molecule has 1 aliphatic carbocycles. The molecule has 2 aromatic rings. The van der Waals surface area contributed by atoms with Crippen LogP contribution in [-0.2, 0) is 17.8 Å². The summed E-state index contributed by atoms with van der Waals surface area (Å²) in [6, 6.07) is 18.6. The van der Waals surface area contributed by atoms with E-state index in [1.807, 2.05) is 18.2 Å². The number of methoxy groups -OCH3 is 1. The molecule has 1 heterocycles. The van der Waals surface area contributed by atoms with Gasteiger partial charge in [0.2, 0.25) is 5.91 Å². The number of rotatable bonds is 5. The molecule has 2 fully saturated rings. The first kappa shape index (κ1) is 14.3. The molecule has 0 unspecified atom stereocenters. The summed E-state index contributed by atoms with van der Waals surface area (Å²) in [6.45, 7) is 0.701. The first-order chi connectivity index (χ1) is 11.2. The summed E-state index contributed by atoms with van der Waals surface area (Å²) < 4.78 is 5.21. The molecule has 1 amide bonds. The van der Waals surface area contributed by atoms with E-state index in [9.17, 15) is 4.79 Å². The average Bonchev–Trinajstić information content (AvgIpc) is 3.19. The Labute approximate surface area is 136 Å². The molecule has 1 saturated carbocycles. The number of benzene rings is 2. The minimum Gasteiger partial charge on any atom is -0.497 e. The van der Waals surface area contributed by atoms with Crippen LogP contribution in [0.15, 0.2) is 54.6 Å². The zero-order valence-electron chi connectivity index (χ0n) is 13.4. The molecular formula is C20H21NO2. The highest BCUT2D eigenvalue weighted by Crippen LogP contribution is 2.58. The van der Waals surface area contributed by atoms with Crippen LogP contribution in [-0.4, -0.2) is 23.5 Å². The van der Waals surface area contributed by atoms with Gasteiger partial charge in [-0.25, -0.2) is 0 Å². The summed E-state index contributed by atoms with van der Waals surface area (Å²) in [4.78, 5) is 14.6. The van der Waals surface area contributed by atoms with Gasteiger partial charge in [-0.1, -0.05) is 42.5 Å². The predicted octanol–water partition coefficient (Wildman–Crippen LogP) is 3.43. The topological polar surface area (TPSA) is 29.5 Å². The Balaban J connectivity index is 1.55. The molecule has 2 aromatic carbocycles. The van der Waals surface area contributed by atoms with Crippen molar-refractivity contribution < 1.29 is 9.53 Å². The number of hydrogen-bond acceptors (Lipinski definition) is 2. The third-order valence-corrected chi connectivity index (χ3v) is 5.31. The van der Waals surface area contributed by atoms with E-state index in [1.165, 1.54) is 11.1 Å². The number of piperidine rings is 1. The van der Waals surface area contributed by atoms with E-state index in [1.54, 1.807) is 7.11 Å². The van der Waals surface area contributed by atoms with Gasteiger partial charge < -0.3 is 9.64 Å². The maximum Gasteiger partial charge on any atom is 0.223 e. The fraction of sp³-hybridized carbons (Fsp3) is 0.350. The maximum absolute atomic E-state index is 12.4. The Morgan fingerprint density at radius 3 is 2.52 bits per heavy atom. The number of amides is 1. The zero-order chi connectivity index (χ0) is 15.9. The van der Waals surface area contributed by atoms with Gasteiger partial charge in [-0.2, -0.15) is 0 Å². The number of nitrogens with zero attached hydrogens (tertiary/aromatic N) is 1. The number of ether oxygens (including phenoxy) is 1. The van der Waals surface area contributed by atoms with Crippen molar-refractivity contribution in [2.24, 2.45) is 5.92 Å². The quantitative estimate of drug-likeness (QED) is 0.847. The highest BCUT2D eigenvalue weighted by molar-refractivity contribution is 5.82. The molecule has 0 bridgehead atoms. The van der Waals surface area contributed by atoms with Crippen LogP contribution < -0.4 is 4.74 Å². The van der Waals surface area contributed by atoms with E-state index in [2.05, 4.69) is 41.3 Å². The van der Waals surface area contributed by atoms with Crippen LogP contribution in [0.5, 0.6) is 5.75 Å². The predicted molar refractivity (Wildman–Crippen MR) is 89.1 cm³/mol. The number of fused-ring (bicyclic) bond motifs is 1. The third-order valence-electron chi connectivity index (χ3n) is 5.31. The Morgan fingerprint density at radius 2 is 1.83 bits per heavy atom. The highest BCUT2D eigenvalue weighted by atomic mass is 16.5. The summed E-state index contributed by atoms with van der Waals surface area (Å²) in [7, 11) is 1.67. The second-order valence-electron chi connectivity index (χ2n) is 6.70. The standard InChI is InChI=1S/C20H21NO2/c1-23-18-9-7-16(8-10-18)14-21-19(22)11-17-13-20(17,21)12-15-5-3-2-4-6-15/h2-10,17H,11-14H2,1H3/t17-,20+/m0/s1. The van der Waals surface area contributed by atoms with Gasteiger partial charge in [0.1, 0.15) is 5.75 Å². The van der Waals surface area contributed by atoms with E-state index in [4.69, 9.17) is 4.74 Å². The van der Waals surface area contributed by atoms with Gasteiger partial charge in [-0.3, -0.25) is 4.79 Å². The largest absolute Gasteiger partial charge is 0.497 e. The van der Waals surface area contributed by atoms with E-state index in [0.717, 1.165) is 18.6 Å². The molecule has 23 heavy (non-hydrogen) atoms. The molecule has 0 N–H and O–H groups in total. The van der Waals surface area contributed by atoms with Gasteiger partial charge in [0.15, 0.2) is 0 Å². The summed E-state index contributed by atoms with van der Waals surface area (Å²) in [5.74, 6) is 1.69. The van der Waals surface area contributed by atoms with E-state index in [-0.39, 0.29) is 5.54 Å². The van der Waals surface area contributed by atoms with Crippen molar-refractivity contribution in [3.8, 4) is 5.75 Å². The lowest BCUT2D eigenvalue weighted by Crippen LogP contribution is -2.39. The second-order valence-corrected chi connectivity index (χ2v) is 6.70. The maximum atomic E-state index is 12.4. The minimum absolute atomic E-state index is 0.0539. The number of carbonyl (C=O) groups is 1. The van der Waals surface area contributed by atoms with Crippen molar-refractivity contribution in [3.05, 3.63) is 65.7 Å². The fourth-order valence-corrected chi connectivity index (χ4v) is 3.95. The number of hydrogen-bond donors (Lipinski definition) is 0. The summed E-state index contributed by atoms with van der Waals surface area (Å²) in [6.07, 6.45) is 2.83. The van der Waals surface area contributed by atoms with Gasteiger partial charge in [-0.15, -0.1) is 0 Å². The molecule has 4 rings (SSSR count). The zero-order valence-corrected chi connectivity index (χ0v) is 13.4. The van der Waals surface area contributed by atoms with Gasteiger partial charge in [0, 0.05) is 13.0 Å². The van der Waals surface area contributed by atoms with Crippen LogP contribution in [0.1, 0.15) is 24.0 Å². The molecule has 0 spiro atoms. The second kappa shape index (κ2) is 5.41. The van der Waals surface area contributed by atoms with Crippen molar-refractivity contribution in [1.29, 1.82) is 0 Å². The lowest BCUT2D eigenvalue weighted by Gasteiger charge is -2.29. The van der Waals surface area contributed by atoms with E-state index >= 15 is 0 Å². The van der Waals surface area contributed by atoms with Crippen molar-refractivity contribution >= 4 is 5.91 Å². The van der Waals surface area contributed by atoms with Crippen LogP contribution in [0.4, 0.5) is 0 Å². The van der Waals surface area contributed by atoms with Crippen molar-refractivity contribution in [1.82, 2.24) is 4.90 Å². The Bertz CT molecular complexity index is 710. The first-order valence-electron chi connectivity index (χ1n) is 8.18. The molecule has 3 nitrogen and oxygen atoms in total. The minimum atomic E-state index is 0.0539. The van der Waals surface area contributed by atoms with Crippen LogP contribution in [0.3, 0.4) is 0 Å². The Morgan fingerprint density at radius 1 is 1.09 bits per heavy atom. The summed E-state index contributed by atoms with van der Waals surface area (Å²) in [5.41, 5.74) is 2.54. The Hall–Kier alpha value is -2.29. The highest BCUT2D eigenvalue weighted by Gasteiger charge is 2.64.